The van der Waals surface area contributed by atoms with Gasteiger partial charge in [-0.25, -0.2) is 0 Å². The maximum Gasteiger partial charge on any atom is 0.254 e. The van der Waals surface area contributed by atoms with Gasteiger partial charge >= 0.3 is 0 Å². The predicted molar refractivity (Wildman–Crippen MR) is 119 cm³/mol. The van der Waals surface area contributed by atoms with Gasteiger partial charge in [-0.15, -0.1) is 0 Å². The van der Waals surface area contributed by atoms with E-state index in [0.717, 1.165) is 37.5 Å². The van der Waals surface area contributed by atoms with Crippen LogP contribution in [-0.4, -0.2) is 61.3 Å². The van der Waals surface area contributed by atoms with Gasteiger partial charge in [0.15, 0.2) is 0 Å². The molecule has 1 fully saturated rings. The van der Waals surface area contributed by atoms with Gasteiger partial charge in [-0.05, 0) is 55.8 Å². The molecule has 1 unspecified atom stereocenters. The summed E-state index contributed by atoms with van der Waals surface area (Å²) >= 11 is 5.95. The van der Waals surface area contributed by atoms with Crippen LogP contribution in [0.1, 0.15) is 28.8 Å². The number of benzene rings is 2. The molecule has 2 aromatic carbocycles. The first kappa shape index (κ1) is 22.6. The van der Waals surface area contributed by atoms with E-state index in [1.807, 2.05) is 18.2 Å². The van der Waals surface area contributed by atoms with Crippen LogP contribution in [0.15, 0.2) is 48.5 Å². The van der Waals surface area contributed by atoms with Crippen LogP contribution < -0.4 is 15.4 Å². The molecule has 30 heavy (non-hydrogen) atoms. The molecule has 1 aliphatic rings. The van der Waals surface area contributed by atoms with Crippen molar-refractivity contribution in [2.24, 2.45) is 0 Å². The number of aliphatic hydroxyl groups excluding tert-OH is 1. The minimum Gasteiger partial charge on any atom is -0.490 e. The van der Waals surface area contributed by atoms with E-state index >= 15 is 0 Å². The third-order valence-electron chi connectivity index (χ3n) is 5.34. The Hall–Kier alpha value is -2.12. The summed E-state index contributed by atoms with van der Waals surface area (Å²) in [6, 6.07) is 15.4. The molecule has 0 spiro atoms. The maximum atomic E-state index is 11.9. The average Bonchev–Trinajstić information content (AvgIpc) is 2.78. The Bertz CT molecular complexity index is 808. The Labute approximate surface area is 183 Å². The SMILES string of the molecule is CNC(=O)c1ccccc1OCC(O)CNC1CCN(Cc2ccc(Cl)cc2)CC1. The van der Waals surface area contributed by atoms with Gasteiger partial charge in [-0.2, -0.15) is 0 Å². The van der Waals surface area contributed by atoms with Gasteiger partial charge in [-0.3, -0.25) is 9.69 Å². The van der Waals surface area contributed by atoms with Gasteiger partial charge in [0.1, 0.15) is 18.5 Å². The van der Waals surface area contributed by atoms with Crippen molar-refractivity contribution < 1.29 is 14.6 Å². The van der Waals surface area contributed by atoms with E-state index in [9.17, 15) is 9.90 Å². The zero-order valence-electron chi connectivity index (χ0n) is 17.3. The van der Waals surface area contributed by atoms with Crippen molar-refractivity contribution in [1.29, 1.82) is 0 Å². The Morgan fingerprint density at radius 2 is 1.90 bits per heavy atom. The van der Waals surface area contributed by atoms with E-state index in [2.05, 4.69) is 27.7 Å². The van der Waals surface area contributed by atoms with Crippen molar-refractivity contribution in [3.05, 3.63) is 64.7 Å². The topological polar surface area (TPSA) is 73.8 Å². The second kappa shape index (κ2) is 11.3. The fraction of sp³-hybridized carbons (Fsp3) is 0.435. The molecule has 0 aliphatic carbocycles. The van der Waals surface area contributed by atoms with Crippen LogP contribution in [0.4, 0.5) is 0 Å². The third-order valence-corrected chi connectivity index (χ3v) is 5.59. The van der Waals surface area contributed by atoms with Crippen molar-refractivity contribution in [2.45, 2.75) is 31.5 Å². The number of ether oxygens (including phenoxy) is 1. The maximum absolute atomic E-state index is 11.9. The molecule has 3 rings (SSSR count). The van der Waals surface area contributed by atoms with Crippen LogP contribution in [0.3, 0.4) is 0 Å². The van der Waals surface area contributed by atoms with Crippen LogP contribution in [0, 0.1) is 0 Å². The van der Waals surface area contributed by atoms with Gasteiger partial charge in [0.2, 0.25) is 0 Å². The molecule has 1 atom stereocenters. The summed E-state index contributed by atoms with van der Waals surface area (Å²) in [5, 5.41) is 17.1. The van der Waals surface area contributed by atoms with E-state index < -0.39 is 6.10 Å². The highest BCUT2D eigenvalue weighted by atomic mass is 35.5. The molecule has 1 heterocycles. The molecule has 0 saturated carbocycles. The number of hydrogen-bond donors (Lipinski definition) is 3. The highest BCUT2D eigenvalue weighted by molar-refractivity contribution is 6.30. The quantitative estimate of drug-likeness (QED) is 0.569. The monoisotopic (exact) mass is 431 g/mol. The number of carbonyl (C=O) groups is 1. The fourth-order valence-electron chi connectivity index (χ4n) is 3.61. The van der Waals surface area contributed by atoms with Crippen molar-refractivity contribution in [1.82, 2.24) is 15.5 Å². The highest BCUT2D eigenvalue weighted by Crippen LogP contribution is 2.18. The first-order chi connectivity index (χ1) is 14.5. The smallest absolute Gasteiger partial charge is 0.254 e. The van der Waals surface area contributed by atoms with Crippen LogP contribution in [0.25, 0.3) is 0 Å². The molecule has 0 bridgehead atoms. The number of piperidine rings is 1. The molecule has 7 heteroatoms. The van der Waals surface area contributed by atoms with Gasteiger partial charge in [0.05, 0.1) is 5.56 Å². The zero-order chi connectivity index (χ0) is 21.3. The standard InChI is InChI=1S/C23H30ClN3O3/c1-25-23(29)21-4-2-3-5-22(21)30-16-20(28)14-26-19-10-12-27(13-11-19)15-17-6-8-18(24)9-7-17/h2-9,19-20,26,28H,10-16H2,1H3,(H,25,29). The minimum atomic E-state index is -0.644. The van der Waals surface area contributed by atoms with Crippen LogP contribution in [0.2, 0.25) is 5.02 Å². The largest absolute Gasteiger partial charge is 0.490 e. The Balaban J connectivity index is 1.36. The highest BCUT2D eigenvalue weighted by Gasteiger charge is 2.20. The number of nitrogens with zero attached hydrogens (tertiary/aromatic N) is 1. The number of rotatable bonds is 9. The van der Waals surface area contributed by atoms with Gasteiger partial charge < -0.3 is 20.5 Å². The van der Waals surface area contributed by atoms with Gasteiger partial charge in [-0.1, -0.05) is 35.9 Å². The number of nitrogens with one attached hydrogen (secondary N) is 2. The molecule has 1 saturated heterocycles. The Morgan fingerprint density at radius 3 is 2.60 bits per heavy atom. The molecule has 0 radical (unpaired) electrons. The number of aliphatic hydroxyl groups is 1. The molecule has 0 aromatic heterocycles. The van der Waals surface area contributed by atoms with Gasteiger partial charge in [0.25, 0.3) is 5.91 Å². The number of likely N-dealkylation sites (tertiary alicyclic amines) is 1. The molecule has 162 valence electrons. The van der Waals surface area contributed by atoms with Crippen molar-refractivity contribution in [3.8, 4) is 5.75 Å². The molecular formula is C23H30ClN3O3. The molecular weight excluding hydrogens is 402 g/mol. The summed E-state index contributed by atoms with van der Waals surface area (Å²) in [5.41, 5.74) is 1.74. The van der Waals surface area contributed by atoms with Crippen molar-refractivity contribution >= 4 is 17.5 Å². The molecule has 2 aromatic rings. The van der Waals surface area contributed by atoms with Crippen LogP contribution in [-0.2, 0) is 6.54 Å². The summed E-state index contributed by atoms with van der Waals surface area (Å²) in [5.74, 6) is 0.273. The number of amides is 1. The molecule has 1 amide bonds. The lowest BCUT2D eigenvalue weighted by molar-refractivity contribution is 0.0913. The van der Waals surface area contributed by atoms with E-state index in [-0.39, 0.29) is 12.5 Å². The number of carbonyl (C=O) groups excluding carboxylic acids is 1. The lowest BCUT2D eigenvalue weighted by atomic mass is 10.0. The van der Waals surface area contributed by atoms with Crippen LogP contribution >= 0.6 is 11.6 Å². The number of halogens is 1. The molecule has 1 aliphatic heterocycles. The molecule has 3 N–H and O–H groups in total. The summed E-state index contributed by atoms with van der Waals surface area (Å²) in [4.78, 5) is 14.3. The van der Waals surface area contributed by atoms with E-state index in [4.69, 9.17) is 16.3 Å². The summed E-state index contributed by atoms with van der Waals surface area (Å²) in [6.07, 6.45) is 1.44. The number of hydrogen-bond acceptors (Lipinski definition) is 5. The second-order valence-corrected chi connectivity index (χ2v) is 8.06. The lowest BCUT2D eigenvalue weighted by Gasteiger charge is -2.33. The second-order valence-electron chi connectivity index (χ2n) is 7.63. The predicted octanol–water partition coefficient (Wildman–Crippen LogP) is 2.69. The van der Waals surface area contributed by atoms with Crippen molar-refractivity contribution in [2.75, 3.05) is 33.3 Å². The normalized spacial score (nSPS) is 16.2. The molecule has 6 nitrogen and oxygen atoms in total. The summed E-state index contributed by atoms with van der Waals surface area (Å²) in [6.45, 7) is 3.57. The third kappa shape index (κ3) is 6.71. The lowest BCUT2D eigenvalue weighted by Crippen LogP contribution is -2.45. The van der Waals surface area contributed by atoms with Crippen LogP contribution in [0.5, 0.6) is 5.75 Å². The Morgan fingerprint density at radius 1 is 1.20 bits per heavy atom. The summed E-state index contributed by atoms with van der Waals surface area (Å²) < 4.78 is 5.69. The van der Waals surface area contributed by atoms with Gasteiger partial charge in [0, 0.05) is 31.2 Å². The summed E-state index contributed by atoms with van der Waals surface area (Å²) in [7, 11) is 1.58. The minimum absolute atomic E-state index is 0.135. The zero-order valence-corrected chi connectivity index (χ0v) is 18.1. The fourth-order valence-corrected chi connectivity index (χ4v) is 3.73. The van der Waals surface area contributed by atoms with E-state index in [1.54, 1.807) is 25.2 Å². The number of para-hydroxylation sites is 1. The van der Waals surface area contributed by atoms with E-state index in [1.165, 1.54) is 5.56 Å². The van der Waals surface area contributed by atoms with Crippen molar-refractivity contribution in [3.63, 3.8) is 0 Å². The average molecular weight is 432 g/mol. The Kier molecular flexibility index (Phi) is 8.51. The first-order valence-electron chi connectivity index (χ1n) is 10.4. The first-order valence-corrected chi connectivity index (χ1v) is 10.7. The van der Waals surface area contributed by atoms with E-state index in [0.29, 0.717) is 23.9 Å².